The molecule has 1 saturated carbocycles. The van der Waals surface area contributed by atoms with Crippen LogP contribution in [0.15, 0.2) is 12.2 Å². The Bertz CT molecular complexity index is 789. The van der Waals surface area contributed by atoms with Crippen molar-refractivity contribution in [3.8, 4) is 0 Å². The van der Waals surface area contributed by atoms with E-state index < -0.39 is 0 Å². The van der Waals surface area contributed by atoms with Gasteiger partial charge in [0.2, 0.25) is 5.91 Å². The van der Waals surface area contributed by atoms with Crippen molar-refractivity contribution in [3.63, 3.8) is 0 Å². The number of carbonyl (C=O) groups is 1. The average molecular weight is 418 g/mol. The molecular formula is C22H31N3OS2. The van der Waals surface area contributed by atoms with Gasteiger partial charge >= 0.3 is 0 Å². The van der Waals surface area contributed by atoms with Crippen LogP contribution in [0.25, 0.3) is 0 Å². The first-order valence-electron chi connectivity index (χ1n) is 9.95. The average Bonchev–Trinajstić information content (AvgIpc) is 3.29. The summed E-state index contributed by atoms with van der Waals surface area (Å²) in [5, 5.41) is 3.83. The van der Waals surface area contributed by atoms with Gasteiger partial charge in [0, 0.05) is 11.8 Å². The summed E-state index contributed by atoms with van der Waals surface area (Å²) in [4.78, 5) is 12.2. The molecule has 3 N–H and O–H groups in total. The SMILES string of the molecule is Cc1c(C)c(C)c(CSCC(=O)NNC(=S)N[C@@H]2C[C@H]3C=C[C@@H]2C3)c(C)c1C. The number of allylic oxidation sites excluding steroid dienone is 1. The third-order valence-electron chi connectivity index (χ3n) is 6.55. The summed E-state index contributed by atoms with van der Waals surface area (Å²) in [5.41, 5.74) is 13.7. The maximum Gasteiger partial charge on any atom is 0.248 e. The summed E-state index contributed by atoms with van der Waals surface area (Å²) in [7, 11) is 0. The minimum absolute atomic E-state index is 0.0575. The van der Waals surface area contributed by atoms with Crippen molar-refractivity contribution in [1.29, 1.82) is 0 Å². The lowest BCUT2D eigenvalue weighted by Gasteiger charge is -2.22. The molecule has 2 aliphatic carbocycles. The van der Waals surface area contributed by atoms with Gasteiger partial charge in [-0.15, -0.1) is 11.8 Å². The van der Waals surface area contributed by atoms with E-state index in [1.165, 1.54) is 39.8 Å². The molecule has 6 heteroatoms. The van der Waals surface area contributed by atoms with Crippen molar-refractivity contribution in [2.75, 3.05) is 5.75 Å². The summed E-state index contributed by atoms with van der Waals surface area (Å²) < 4.78 is 0. The lowest BCUT2D eigenvalue weighted by atomic mass is 9.90. The molecule has 4 nitrogen and oxygen atoms in total. The zero-order valence-corrected chi connectivity index (χ0v) is 19.1. The lowest BCUT2D eigenvalue weighted by Crippen LogP contribution is -2.50. The van der Waals surface area contributed by atoms with Crippen molar-refractivity contribution in [2.45, 2.75) is 59.3 Å². The van der Waals surface area contributed by atoms with Crippen LogP contribution in [-0.2, 0) is 10.5 Å². The Morgan fingerprint density at radius 3 is 2.21 bits per heavy atom. The second-order valence-corrected chi connectivity index (χ2v) is 9.52. The van der Waals surface area contributed by atoms with E-state index in [-0.39, 0.29) is 5.91 Å². The molecule has 1 amide bonds. The summed E-state index contributed by atoms with van der Waals surface area (Å²) in [5.74, 6) is 2.45. The predicted molar refractivity (Wildman–Crippen MR) is 122 cm³/mol. The smallest absolute Gasteiger partial charge is 0.248 e. The van der Waals surface area contributed by atoms with Gasteiger partial charge < -0.3 is 5.32 Å². The maximum absolute atomic E-state index is 12.2. The maximum atomic E-state index is 12.2. The number of hydrogen-bond acceptors (Lipinski definition) is 3. The van der Waals surface area contributed by atoms with Crippen LogP contribution < -0.4 is 16.2 Å². The highest BCUT2D eigenvalue weighted by Gasteiger charge is 2.35. The highest BCUT2D eigenvalue weighted by atomic mass is 32.2. The number of amides is 1. The van der Waals surface area contributed by atoms with E-state index in [2.05, 4.69) is 62.9 Å². The first-order chi connectivity index (χ1) is 13.3. The number of thiocarbonyl (C=S) groups is 1. The molecule has 1 fully saturated rings. The van der Waals surface area contributed by atoms with E-state index in [9.17, 15) is 4.79 Å². The van der Waals surface area contributed by atoms with Crippen LogP contribution in [0.4, 0.5) is 0 Å². The normalized spacial score (nSPS) is 22.4. The van der Waals surface area contributed by atoms with Gasteiger partial charge in [0.25, 0.3) is 0 Å². The molecule has 152 valence electrons. The topological polar surface area (TPSA) is 53.2 Å². The molecule has 3 rings (SSSR count). The van der Waals surface area contributed by atoms with Crippen LogP contribution in [0.3, 0.4) is 0 Å². The Morgan fingerprint density at radius 1 is 1.00 bits per heavy atom. The summed E-state index contributed by atoms with van der Waals surface area (Å²) in [6.07, 6.45) is 6.93. The molecule has 0 aromatic heterocycles. The van der Waals surface area contributed by atoms with Crippen molar-refractivity contribution in [3.05, 3.63) is 45.5 Å². The molecular weight excluding hydrogens is 386 g/mol. The van der Waals surface area contributed by atoms with Crippen LogP contribution in [0.1, 0.15) is 46.2 Å². The molecule has 0 aliphatic heterocycles. The zero-order chi connectivity index (χ0) is 20.4. The van der Waals surface area contributed by atoms with Crippen molar-refractivity contribution >= 4 is 35.0 Å². The summed E-state index contributed by atoms with van der Waals surface area (Å²) >= 11 is 6.96. The third kappa shape index (κ3) is 4.54. The molecule has 0 heterocycles. The quantitative estimate of drug-likeness (QED) is 0.385. The number of benzene rings is 1. The van der Waals surface area contributed by atoms with Gasteiger partial charge in [0.05, 0.1) is 5.75 Å². The Labute approximate surface area is 178 Å². The number of hydrogen-bond donors (Lipinski definition) is 3. The second kappa shape index (κ2) is 8.87. The van der Waals surface area contributed by atoms with Crippen molar-refractivity contribution < 1.29 is 4.79 Å². The van der Waals surface area contributed by atoms with Gasteiger partial charge in [0.15, 0.2) is 5.11 Å². The molecule has 2 aliphatic rings. The van der Waals surface area contributed by atoms with Crippen molar-refractivity contribution in [2.24, 2.45) is 11.8 Å². The largest absolute Gasteiger partial charge is 0.358 e. The Morgan fingerprint density at radius 2 is 1.64 bits per heavy atom. The molecule has 0 spiro atoms. The van der Waals surface area contributed by atoms with Crippen LogP contribution in [-0.4, -0.2) is 22.8 Å². The molecule has 3 atom stereocenters. The minimum Gasteiger partial charge on any atom is -0.358 e. The van der Waals surface area contributed by atoms with Gasteiger partial charge in [-0.2, -0.15) is 0 Å². The Balaban J connectivity index is 1.41. The van der Waals surface area contributed by atoms with Crippen LogP contribution in [0, 0.1) is 46.5 Å². The van der Waals surface area contributed by atoms with E-state index in [1.54, 1.807) is 11.8 Å². The van der Waals surface area contributed by atoms with Gasteiger partial charge in [0.1, 0.15) is 0 Å². The lowest BCUT2D eigenvalue weighted by molar-refractivity contribution is -0.119. The molecule has 0 radical (unpaired) electrons. The fourth-order valence-electron chi connectivity index (χ4n) is 4.35. The Kier molecular flexibility index (Phi) is 6.71. The molecule has 2 bridgehead atoms. The number of rotatable bonds is 5. The van der Waals surface area contributed by atoms with Crippen LogP contribution >= 0.6 is 24.0 Å². The third-order valence-corrected chi connectivity index (χ3v) is 7.72. The highest BCUT2D eigenvalue weighted by molar-refractivity contribution is 7.99. The minimum atomic E-state index is -0.0575. The molecule has 28 heavy (non-hydrogen) atoms. The van der Waals surface area contributed by atoms with E-state index in [4.69, 9.17) is 12.2 Å². The van der Waals surface area contributed by atoms with Crippen LogP contribution in [0.5, 0.6) is 0 Å². The van der Waals surface area contributed by atoms with Gasteiger partial charge in [-0.3, -0.25) is 15.6 Å². The van der Waals surface area contributed by atoms with Gasteiger partial charge in [-0.1, -0.05) is 12.2 Å². The number of nitrogens with one attached hydrogen (secondary N) is 3. The first-order valence-corrected chi connectivity index (χ1v) is 11.5. The summed E-state index contributed by atoms with van der Waals surface area (Å²) in [6.45, 7) is 10.9. The summed E-state index contributed by atoms with van der Waals surface area (Å²) in [6, 6.07) is 0.389. The number of hydrazine groups is 1. The fourth-order valence-corrected chi connectivity index (χ4v) is 5.55. The van der Waals surface area contributed by atoms with E-state index in [0.717, 1.165) is 12.2 Å². The highest BCUT2D eigenvalue weighted by Crippen LogP contribution is 2.38. The molecule has 0 unspecified atom stereocenters. The molecule has 0 saturated heterocycles. The van der Waals surface area contributed by atoms with Crippen molar-refractivity contribution in [1.82, 2.24) is 16.2 Å². The first kappa shape index (κ1) is 21.2. The number of carbonyl (C=O) groups excluding carboxylic acids is 1. The predicted octanol–water partition coefficient (Wildman–Crippen LogP) is 3.92. The van der Waals surface area contributed by atoms with Gasteiger partial charge in [-0.25, -0.2) is 0 Å². The van der Waals surface area contributed by atoms with E-state index in [1.807, 2.05) is 0 Å². The second-order valence-electron chi connectivity index (χ2n) is 8.13. The Hall–Kier alpha value is -1.53. The van der Waals surface area contributed by atoms with E-state index >= 15 is 0 Å². The van der Waals surface area contributed by atoms with Crippen LogP contribution in [0.2, 0.25) is 0 Å². The number of fused-ring (bicyclic) bond motifs is 2. The van der Waals surface area contributed by atoms with E-state index in [0.29, 0.717) is 28.7 Å². The monoisotopic (exact) mass is 417 g/mol. The van der Waals surface area contributed by atoms with Gasteiger partial charge in [-0.05, 0) is 105 Å². The standard InChI is InChI=1S/C22H31N3OS2/c1-12-13(2)15(4)19(16(5)14(12)3)10-28-11-21(26)24-25-22(27)23-20-9-17-6-7-18(20)8-17/h6-7,17-18,20H,8-11H2,1-5H3,(H,24,26)(H2,23,25,27)/t17-,18+,20+/m0/s1. The molecule has 1 aromatic rings. The molecule has 1 aromatic carbocycles. The zero-order valence-electron chi connectivity index (χ0n) is 17.4. The fraction of sp³-hybridized carbons (Fsp3) is 0.545. The number of thioether (sulfide) groups is 1.